The molecule has 2 atom stereocenters. The molecule has 2 aromatic rings. The number of hydrogen-bond acceptors (Lipinski definition) is 2. The Morgan fingerprint density at radius 3 is 2.54 bits per heavy atom. The van der Waals surface area contributed by atoms with Gasteiger partial charge in [0, 0.05) is 5.69 Å². The summed E-state index contributed by atoms with van der Waals surface area (Å²) >= 11 is 0. The predicted octanol–water partition coefficient (Wildman–Crippen LogP) is 4.32. The Hall–Kier alpha value is -2.34. The third-order valence-corrected chi connectivity index (χ3v) is 3.98. The molecule has 1 aliphatic rings. The van der Waals surface area contributed by atoms with Crippen LogP contribution in [0.1, 0.15) is 17.2 Å². The highest BCUT2D eigenvalue weighted by Crippen LogP contribution is 2.37. The van der Waals surface area contributed by atoms with Gasteiger partial charge in [0.2, 0.25) is 0 Å². The third-order valence-electron chi connectivity index (χ3n) is 3.98. The van der Waals surface area contributed by atoms with Crippen LogP contribution in [0.15, 0.2) is 54.6 Å². The number of halogens is 4. The molecule has 1 aliphatic heterocycles. The van der Waals surface area contributed by atoms with E-state index in [4.69, 9.17) is 0 Å². The van der Waals surface area contributed by atoms with Crippen molar-refractivity contribution in [2.45, 2.75) is 18.3 Å². The van der Waals surface area contributed by atoms with Crippen molar-refractivity contribution in [3.63, 3.8) is 0 Å². The number of alkyl halides is 3. The zero-order valence-corrected chi connectivity index (χ0v) is 12.5. The molecule has 0 amide bonds. The van der Waals surface area contributed by atoms with Crippen LogP contribution in [0, 0.1) is 5.82 Å². The van der Waals surface area contributed by atoms with E-state index in [0.29, 0.717) is 11.3 Å². The van der Waals surface area contributed by atoms with E-state index in [2.05, 4.69) is 0 Å². The van der Waals surface area contributed by atoms with Crippen LogP contribution in [0.3, 0.4) is 0 Å². The highest BCUT2D eigenvalue weighted by molar-refractivity contribution is 5.73. The molecule has 24 heavy (non-hydrogen) atoms. The van der Waals surface area contributed by atoms with E-state index < -0.39 is 30.7 Å². The molecule has 1 N–H and O–H groups in total. The first-order valence-corrected chi connectivity index (χ1v) is 7.40. The fourth-order valence-corrected chi connectivity index (χ4v) is 2.82. The number of para-hydroxylation sites is 1. The summed E-state index contributed by atoms with van der Waals surface area (Å²) < 4.78 is 52.0. The maximum absolute atomic E-state index is 13.5. The molecular formula is C18H15F4NO. The van der Waals surface area contributed by atoms with Gasteiger partial charge < -0.3 is 10.0 Å². The number of aliphatic hydroxyl groups excluding tert-OH is 1. The van der Waals surface area contributed by atoms with Gasteiger partial charge in [-0.3, -0.25) is 0 Å². The van der Waals surface area contributed by atoms with Crippen molar-refractivity contribution in [2.24, 2.45) is 0 Å². The lowest BCUT2D eigenvalue weighted by Crippen LogP contribution is -2.43. The van der Waals surface area contributed by atoms with Gasteiger partial charge in [0.1, 0.15) is 5.82 Å². The van der Waals surface area contributed by atoms with Crippen LogP contribution in [0.25, 0.3) is 6.08 Å². The Morgan fingerprint density at radius 1 is 1.08 bits per heavy atom. The van der Waals surface area contributed by atoms with E-state index in [1.165, 1.54) is 23.1 Å². The summed E-state index contributed by atoms with van der Waals surface area (Å²) in [5, 5.41) is 9.52. The van der Waals surface area contributed by atoms with Crippen LogP contribution in [-0.4, -0.2) is 23.9 Å². The summed E-state index contributed by atoms with van der Waals surface area (Å²) in [4.78, 5) is 1.45. The lowest BCUT2D eigenvalue weighted by Gasteiger charge is -2.37. The fourth-order valence-electron chi connectivity index (χ4n) is 2.82. The Kier molecular flexibility index (Phi) is 4.32. The number of rotatable bonds is 3. The molecule has 126 valence electrons. The smallest absolute Gasteiger partial charge is 0.382 e. The fraction of sp³-hybridized carbons (Fsp3) is 0.222. The van der Waals surface area contributed by atoms with E-state index in [0.717, 1.165) is 5.56 Å². The summed E-state index contributed by atoms with van der Waals surface area (Å²) in [5.74, 6) is -0.462. The SMILES string of the molecule is OC(CN1c2ccccc2C=CC1c1cccc(F)c1)C(F)(F)F. The van der Waals surface area contributed by atoms with Gasteiger partial charge in [0.05, 0.1) is 12.6 Å². The second kappa shape index (κ2) is 6.28. The standard InChI is InChI=1S/C18H15F4NO/c19-14-6-3-5-13(10-14)16-9-8-12-4-1-2-7-15(12)23(16)11-17(24)18(20,21)22/h1-10,16-17,24H,11H2. The molecule has 0 saturated carbocycles. The predicted molar refractivity (Wildman–Crippen MR) is 84.0 cm³/mol. The van der Waals surface area contributed by atoms with Crippen molar-refractivity contribution in [2.75, 3.05) is 11.4 Å². The van der Waals surface area contributed by atoms with Crippen molar-refractivity contribution in [1.29, 1.82) is 0 Å². The van der Waals surface area contributed by atoms with Crippen LogP contribution < -0.4 is 4.90 Å². The molecule has 1 heterocycles. The largest absolute Gasteiger partial charge is 0.416 e. The van der Waals surface area contributed by atoms with Crippen LogP contribution in [0.2, 0.25) is 0 Å². The molecule has 0 bridgehead atoms. The third kappa shape index (κ3) is 3.28. The second-order valence-electron chi connectivity index (χ2n) is 5.63. The number of anilines is 1. The van der Waals surface area contributed by atoms with Crippen molar-refractivity contribution in [3.05, 3.63) is 71.6 Å². The van der Waals surface area contributed by atoms with E-state index in [1.807, 2.05) is 0 Å². The monoisotopic (exact) mass is 337 g/mol. The Bertz CT molecular complexity index is 757. The zero-order chi connectivity index (χ0) is 17.3. The topological polar surface area (TPSA) is 23.5 Å². The van der Waals surface area contributed by atoms with E-state index >= 15 is 0 Å². The van der Waals surface area contributed by atoms with Crippen LogP contribution in [0.4, 0.5) is 23.2 Å². The van der Waals surface area contributed by atoms with Gasteiger partial charge in [-0.15, -0.1) is 0 Å². The second-order valence-corrected chi connectivity index (χ2v) is 5.63. The van der Waals surface area contributed by atoms with E-state index in [1.54, 1.807) is 42.5 Å². The first-order chi connectivity index (χ1) is 11.4. The van der Waals surface area contributed by atoms with E-state index in [-0.39, 0.29) is 0 Å². The molecule has 0 saturated heterocycles. The number of β-amino-alcohol motifs (C(OH)–C–C–N with tert-alkyl or cyclic N) is 1. The number of benzene rings is 2. The first kappa shape index (κ1) is 16.5. The lowest BCUT2D eigenvalue weighted by molar-refractivity contribution is -0.200. The minimum Gasteiger partial charge on any atom is -0.382 e. The van der Waals surface area contributed by atoms with E-state index in [9.17, 15) is 22.7 Å². The summed E-state index contributed by atoms with van der Waals surface area (Å²) in [6.07, 6.45) is -3.71. The molecule has 3 rings (SSSR count). The van der Waals surface area contributed by atoms with Crippen LogP contribution in [-0.2, 0) is 0 Å². The number of hydrogen-bond donors (Lipinski definition) is 1. The minimum absolute atomic E-state index is 0.462. The molecule has 0 radical (unpaired) electrons. The summed E-state index contributed by atoms with van der Waals surface area (Å²) in [6.45, 7) is -0.633. The zero-order valence-electron chi connectivity index (χ0n) is 12.5. The molecule has 0 fully saturated rings. The highest BCUT2D eigenvalue weighted by atomic mass is 19.4. The van der Waals surface area contributed by atoms with Crippen LogP contribution in [0.5, 0.6) is 0 Å². The van der Waals surface area contributed by atoms with Gasteiger partial charge >= 0.3 is 6.18 Å². The molecule has 2 nitrogen and oxygen atoms in total. The average Bonchev–Trinajstić information content (AvgIpc) is 2.54. The number of nitrogens with zero attached hydrogens (tertiary/aromatic N) is 1. The maximum atomic E-state index is 13.5. The first-order valence-electron chi connectivity index (χ1n) is 7.40. The van der Waals surface area contributed by atoms with Gasteiger partial charge in [-0.25, -0.2) is 4.39 Å². The van der Waals surface area contributed by atoms with Crippen molar-refractivity contribution < 1.29 is 22.7 Å². The van der Waals surface area contributed by atoms with Gasteiger partial charge in [-0.05, 0) is 29.3 Å². The van der Waals surface area contributed by atoms with Gasteiger partial charge in [-0.2, -0.15) is 13.2 Å². The van der Waals surface area contributed by atoms with Gasteiger partial charge in [0.25, 0.3) is 0 Å². The molecule has 0 aromatic heterocycles. The van der Waals surface area contributed by atoms with Crippen molar-refractivity contribution >= 4 is 11.8 Å². The Morgan fingerprint density at radius 2 is 1.83 bits per heavy atom. The summed E-state index contributed by atoms with van der Waals surface area (Å²) in [7, 11) is 0. The molecule has 2 aromatic carbocycles. The molecule has 0 aliphatic carbocycles. The normalized spacial score (nSPS) is 18.4. The minimum atomic E-state index is -4.72. The maximum Gasteiger partial charge on any atom is 0.416 e. The summed E-state index contributed by atoms with van der Waals surface area (Å²) in [6, 6.07) is 12.1. The molecule has 2 unspecified atom stereocenters. The number of aliphatic hydroxyl groups is 1. The quantitative estimate of drug-likeness (QED) is 0.843. The summed E-state index contributed by atoms with van der Waals surface area (Å²) in [5.41, 5.74) is 1.84. The molecular weight excluding hydrogens is 322 g/mol. The van der Waals surface area contributed by atoms with Crippen molar-refractivity contribution in [3.8, 4) is 0 Å². The van der Waals surface area contributed by atoms with Crippen molar-refractivity contribution in [1.82, 2.24) is 0 Å². The lowest BCUT2D eigenvalue weighted by atomic mass is 9.96. The Balaban J connectivity index is 2.01. The van der Waals surface area contributed by atoms with Gasteiger partial charge in [0.15, 0.2) is 6.10 Å². The molecule has 6 heteroatoms. The Labute approximate surface area is 136 Å². The highest BCUT2D eigenvalue weighted by Gasteiger charge is 2.41. The molecule has 0 spiro atoms. The average molecular weight is 337 g/mol. The number of fused-ring (bicyclic) bond motifs is 1. The van der Waals surface area contributed by atoms with Crippen LogP contribution >= 0.6 is 0 Å². The van der Waals surface area contributed by atoms with Gasteiger partial charge in [-0.1, -0.05) is 42.5 Å².